The lowest BCUT2D eigenvalue weighted by Crippen LogP contribution is -2.31. The minimum absolute atomic E-state index is 0.421. The largest absolute Gasteiger partial charge is 0.318 e. The van der Waals surface area contributed by atoms with Crippen molar-refractivity contribution in [3.8, 4) is 0 Å². The maximum atomic E-state index is 6.09. The molecule has 0 saturated heterocycles. The fourth-order valence-corrected chi connectivity index (χ4v) is 1.43. The molecule has 13 heavy (non-hydrogen) atoms. The van der Waals surface area contributed by atoms with Gasteiger partial charge in [0.15, 0.2) is 0 Å². The van der Waals surface area contributed by atoms with Gasteiger partial charge >= 0.3 is 0 Å². The minimum atomic E-state index is -0.421. The Balaban J connectivity index is 3.28. The van der Waals surface area contributed by atoms with Gasteiger partial charge in [0.1, 0.15) is 0 Å². The zero-order valence-electron chi connectivity index (χ0n) is 8.59. The van der Waals surface area contributed by atoms with Crippen LogP contribution in [0.3, 0.4) is 0 Å². The van der Waals surface area contributed by atoms with Crippen LogP contribution in [0.1, 0.15) is 23.6 Å². The van der Waals surface area contributed by atoms with Gasteiger partial charge in [-0.2, -0.15) is 0 Å². The van der Waals surface area contributed by atoms with Gasteiger partial charge in [0.25, 0.3) is 0 Å². The zero-order valence-corrected chi connectivity index (χ0v) is 8.59. The van der Waals surface area contributed by atoms with Crippen molar-refractivity contribution in [3.63, 3.8) is 0 Å². The number of hydrogen-bond acceptors (Lipinski definition) is 1. The Kier molecular flexibility index (Phi) is 2.58. The van der Waals surface area contributed by atoms with E-state index < -0.39 is 5.54 Å². The second-order valence-corrected chi connectivity index (χ2v) is 3.81. The van der Waals surface area contributed by atoms with Gasteiger partial charge in [0.2, 0.25) is 0 Å². The van der Waals surface area contributed by atoms with E-state index in [4.69, 9.17) is 5.73 Å². The SMILES string of the molecule is C=CC(C)(N)c1cc(C)ccc1C. The molecule has 0 radical (unpaired) electrons. The molecule has 0 bridgehead atoms. The molecule has 0 amide bonds. The summed E-state index contributed by atoms with van der Waals surface area (Å²) in [6.07, 6.45) is 1.79. The summed E-state index contributed by atoms with van der Waals surface area (Å²) in [5.41, 5.74) is 9.28. The van der Waals surface area contributed by atoms with E-state index in [0.717, 1.165) is 5.56 Å². The van der Waals surface area contributed by atoms with Crippen LogP contribution in [0.4, 0.5) is 0 Å². The van der Waals surface area contributed by atoms with Crippen LogP contribution in [0.5, 0.6) is 0 Å². The standard InChI is InChI=1S/C12H17N/c1-5-12(4,13)11-8-9(2)6-7-10(11)3/h5-8H,1,13H2,2-4H3. The van der Waals surface area contributed by atoms with Gasteiger partial charge in [-0.05, 0) is 31.9 Å². The monoisotopic (exact) mass is 175 g/mol. The lowest BCUT2D eigenvalue weighted by Gasteiger charge is -2.23. The lowest BCUT2D eigenvalue weighted by molar-refractivity contribution is 0.626. The summed E-state index contributed by atoms with van der Waals surface area (Å²) in [7, 11) is 0. The molecule has 0 spiro atoms. The Hall–Kier alpha value is -1.08. The highest BCUT2D eigenvalue weighted by atomic mass is 14.7. The van der Waals surface area contributed by atoms with Gasteiger partial charge in [-0.25, -0.2) is 0 Å². The highest BCUT2D eigenvalue weighted by molar-refractivity contribution is 5.37. The highest BCUT2D eigenvalue weighted by Gasteiger charge is 2.18. The second kappa shape index (κ2) is 3.35. The Morgan fingerprint density at radius 2 is 2.00 bits per heavy atom. The van der Waals surface area contributed by atoms with Gasteiger partial charge in [-0.1, -0.05) is 29.8 Å². The maximum Gasteiger partial charge on any atom is 0.0566 e. The van der Waals surface area contributed by atoms with Crippen LogP contribution >= 0.6 is 0 Å². The third kappa shape index (κ3) is 1.99. The summed E-state index contributed by atoms with van der Waals surface area (Å²) >= 11 is 0. The van der Waals surface area contributed by atoms with Crippen molar-refractivity contribution < 1.29 is 0 Å². The summed E-state index contributed by atoms with van der Waals surface area (Å²) < 4.78 is 0. The number of rotatable bonds is 2. The van der Waals surface area contributed by atoms with Gasteiger partial charge in [0.05, 0.1) is 5.54 Å². The molecule has 1 aromatic carbocycles. The number of benzene rings is 1. The van der Waals surface area contributed by atoms with E-state index in [1.54, 1.807) is 6.08 Å². The average molecular weight is 175 g/mol. The zero-order chi connectivity index (χ0) is 10.1. The van der Waals surface area contributed by atoms with Crippen molar-refractivity contribution >= 4 is 0 Å². The van der Waals surface area contributed by atoms with Gasteiger partial charge < -0.3 is 5.73 Å². The van der Waals surface area contributed by atoms with Crippen molar-refractivity contribution in [1.29, 1.82) is 0 Å². The molecule has 1 heteroatoms. The van der Waals surface area contributed by atoms with E-state index >= 15 is 0 Å². The first kappa shape index (κ1) is 10.0. The van der Waals surface area contributed by atoms with E-state index in [0.29, 0.717) is 0 Å². The van der Waals surface area contributed by atoms with Crippen molar-refractivity contribution in [2.75, 3.05) is 0 Å². The number of aryl methyl sites for hydroxylation is 2. The van der Waals surface area contributed by atoms with Crippen molar-refractivity contribution in [1.82, 2.24) is 0 Å². The van der Waals surface area contributed by atoms with Crippen molar-refractivity contribution in [3.05, 3.63) is 47.5 Å². The molecule has 0 aliphatic rings. The van der Waals surface area contributed by atoms with Crippen LogP contribution in [0.15, 0.2) is 30.9 Å². The van der Waals surface area contributed by atoms with E-state index in [1.807, 2.05) is 6.92 Å². The predicted octanol–water partition coefficient (Wildman–Crippen LogP) is 2.66. The van der Waals surface area contributed by atoms with Gasteiger partial charge in [-0.3, -0.25) is 0 Å². The maximum absolute atomic E-state index is 6.09. The van der Waals surface area contributed by atoms with Crippen LogP contribution in [0, 0.1) is 13.8 Å². The van der Waals surface area contributed by atoms with E-state index in [1.165, 1.54) is 11.1 Å². The number of hydrogen-bond donors (Lipinski definition) is 1. The van der Waals surface area contributed by atoms with Crippen molar-refractivity contribution in [2.24, 2.45) is 5.73 Å². The summed E-state index contributed by atoms with van der Waals surface area (Å²) in [4.78, 5) is 0. The van der Waals surface area contributed by atoms with Crippen LogP contribution < -0.4 is 5.73 Å². The fourth-order valence-electron chi connectivity index (χ4n) is 1.43. The Bertz CT molecular complexity index is 324. The molecular weight excluding hydrogens is 158 g/mol. The Morgan fingerprint density at radius 3 is 2.54 bits per heavy atom. The summed E-state index contributed by atoms with van der Waals surface area (Å²) in [5, 5.41) is 0. The molecule has 1 aromatic rings. The molecule has 0 aromatic heterocycles. The molecule has 1 unspecified atom stereocenters. The molecule has 0 aliphatic heterocycles. The Labute approximate surface area is 80.3 Å². The molecule has 1 atom stereocenters. The van der Waals surface area contributed by atoms with Crippen LogP contribution in [-0.4, -0.2) is 0 Å². The third-order valence-corrected chi connectivity index (χ3v) is 2.40. The summed E-state index contributed by atoms with van der Waals surface area (Å²) in [6, 6.07) is 6.31. The molecule has 1 nitrogen and oxygen atoms in total. The highest BCUT2D eigenvalue weighted by Crippen LogP contribution is 2.23. The second-order valence-electron chi connectivity index (χ2n) is 3.81. The average Bonchev–Trinajstić information content (AvgIpc) is 2.09. The summed E-state index contributed by atoms with van der Waals surface area (Å²) in [6.45, 7) is 9.87. The molecular formula is C12H17N. The first-order valence-corrected chi connectivity index (χ1v) is 4.47. The molecule has 0 fully saturated rings. The minimum Gasteiger partial charge on any atom is -0.318 e. The summed E-state index contributed by atoms with van der Waals surface area (Å²) in [5.74, 6) is 0. The molecule has 0 aliphatic carbocycles. The fraction of sp³-hybridized carbons (Fsp3) is 0.333. The predicted molar refractivity (Wildman–Crippen MR) is 57.7 cm³/mol. The van der Waals surface area contributed by atoms with E-state index in [2.05, 4.69) is 38.6 Å². The van der Waals surface area contributed by atoms with E-state index in [9.17, 15) is 0 Å². The topological polar surface area (TPSA) is 26.0 Å². The van der Waals surface area contributed by atoms with Crippen LogP contribution in [0.25, 0.3) is 0 Å². The molecule has 70 valence electrons. The third-order valence-electron chi connectivity index (χ3n) is 2.40. The van der Waals surface area contributed by atoms with E-state index in [-0.39, 0.29) is 0 Å². The molecule has 1 rings (SSSR count). The molecule has 0 heterocycles. The van der Waals surface area contributed by atoms with Gasteiger partial charge in [0, 0.05) is 0 Å². The van der Waals surface area contributed by atoms with Crippen molar-refractivity contribution in [2.45, 2.75) is 26.3 Å². The normalized spacial score (nSPS) is 15.1. The number of nitrogens with two attached hydrogens (primary N) is 1. The lowest BCUT2D eigenvalue weighted by atomic mass is 9.89. The molecule has 2 N–H and O–H groups in total. The Morgan fingerprint density at radius 1 is 1.38 bits per heavy atom. The molecule has 0 saturated carbocycles. The quantitative estimate of drug-likeness (QED) is 0.687. The first-order chi connectivity index (χ1) is 5.97. The first-order valence-electron chi connectivity index (χ1n) is 4.47. The van der Waals surface area contributed by atoms with Crippen LogP contribution in [-0.2, 0) is 5.54 Å². The smallest absolute Gasteiger partial charge is 0.0566 e. The van der Waals surface area contributed by atoms with Gasteiger partial charge in [-0.15, -0.1) is 6.58 Å². The van der Waals surface area contributed by atoms with Crippen LogP contribution in [0.2, 0.25) is 0 Å².